The van der Waals surface area contributed by atoms with Gasteiger partial charge in [-0.05, 0) is 48.5 Å². The minimum Gasteiger partial charge on any atom is -0.493 e. The minimum atomic E-state index is 0. The highest BCUT2D eigenvalue weighted by atomic mass is 35.5. The molecule has 23 heavy (non-hydrogen) atoms. The van der Waals surface area contributed by atoms with Crippen molar-refractivity contribution in [2.75, 3.05) is 37.9 Å². The Morgan fingerprint density at radius 3 is 1.30 bits per heavy atom. The van der Waals surface area contributed by atoms with Crippen LogP contribution in [0.4, 0.5) is 11.4 Å². The zero-order valence-corrected chi connectivity index (χ0v) is 15.0. The van der Waals surface area contributed by atoms with E-state index in [9.17, 15) is 0 Å². The van der Waals surface area contributed by atoms with E-state index in [4.69, 9.17) is 9.47 Å². The summed E-state index contributed by atoms with van der Waals surface area (Å²) in [5.41, 5.74) is 2.16. The van der Waals surface area contributed by atoms with Crippen LogP contribution in [0.2, 0.25) is 0 Å². The number of halogens is 2. The van der Waals surface area contributed by atoms with Gasteiger partial charge < -0.3 is 20.1 Å². The van der Waals surface area contributed by atoms with E-state index in [1.807, 2.05) is 62.6 Å². The molecule has 2 aromatic carbocycles. The third kappa shape index (κ3) is 7.35. The molecule has 0 saturated heterocycles. The second kappa shape index (κ2) is 11.7. The summed E-state index contributed by atoms with van der Waals surface area (Å²) in [6.07, 6.45) is 0.849. The lowest BCUT2D eigenvalue weighted by Gasteiger charge is -2.09. The Bertz CT molecular complexity index is 484. The van der Waals surface area contributed by atoms with Crippen LogP contribution in [-0.4, -0.2) is 27.3 Å². The summed E-state index contributed by atoms with van der Waals surface area (Å²) >= 11 is 0. The van der Waals surface area contributed by atoms with Crippen molar-refractivity contribution in [1.82, 2.24) is 0 Å². The number of rotatable bonds is 8. The first-order valence-electron chi connectivity index (χ1n) is 7.13. The molecule has 0 aliphatic carbocycles. The first-order chi connectivity index (χ1) is 10.3. The van der Waals surface area contributed by atoms with Crippen molar-refractivity contribution in [3.63, 3.8) is 0 Å². The fraction of sp³-hybridized carbons (Fsp3) is 0.294. The number of hydrogen-bond donors (Lipinski definition) is 2. The lowest BCUT2D eigenvalue weighted by atomic mass is 10.3. The standard InChI is InChI=1S/C17H22N2O2.2ClH/c1-18-14-4-8-16(9-5-14)20-12-3-13-21-17-10-6-15(19-2)7-11-17;;/h4-11,18-19H,3,12-13H2,1-2H3;2*1H. The second-order valence-corrected chi connectivity index (χ2v) is 4.60. The molecular formula is C17H24Cl2N2O2. The maximum atomic E-state index is 5.66. The zero-order valence-electron chi connectivity index (χ0n) is 13.4. The molecule has 2 aromatic rings. The van der Waals surface area contributed by atoms with E-state index < -0.39 is 0 Å². The first-order valence-corrected chi connectivity index (χ1v) is 7.13. The summed E-state index contributed by atoms with van der Waals surface area (Å²) in [5.74, 6) is 1.76. The summed E-state index contributed by atoms with van der Waals surface area (Å²) in [6.45, 7) is 1.29. The van der Waals surface area contributed by atoms with E-state index in [2.05, 4.69) is 10.6 Å². The molecule has 0 amide bonds. The van der Waals surface area contributed by atoms with Gasteiger partial charge in [-0.3, -0.25) is 0 Å². The smallest absolute Gasteiger partial charge is 0.119 e. The highest BCUT2D eigenvalue weighted by Crippen LogP contribution is 2.16. The normalized spacial score (nSPS) is 9.13. The quantitative estimate of drug-likeness (QED) is 0.683. The van der Waals surface area contributed by atoms with Crippen LogP contribution in [-0.2, 0) is 0 Å². The molecule has 4 nitrogen and oxygen atoms in total. The molecule has 6 heteroatoms. The Kier molecular flexibility index (Phi) is 10.8. The van der Waals surface area contributed by atoms with Gasteiger partial charge >= 0.3 is 0 Å². The second-order valence-electron chi connectivity index (χ2n) is 4.60. The Hall–Kier alpha value is -1.78. The van der Waals surface area contributed by atoms with E-state index in [1.165, 1.54) is 0 Å². The molecule has 0 aromatic heterocycles. The van der Waals surface area contributed by atoms with Gasteiger partial charge in [-0.25, -0.2) is 0 Å². The molecule has 0 radical (unpaired) electrons. The number of benzene rings is 2. The minimum absolute atomic E-state index is 0. The fourth-order valence-corrected chi connectivity index (χ4v) is 1.87. The van der Waals surface area contributed by atoms with E-state index in [1.54, 1.807) is 0 Å². The highest BCUT2D eigenvalue weighted by Gasteiger charge is 1.97. The number of ether oxygens (including phenoxy) is 2. The summed E-state index contributed by atoms with van der Waals surface area (Å²) in [7, 11) is 3.80. The van der Waals surface area contributed by atoms with Crippen molar-refractivity contribution in [2.45, 2.75) is 6.42 Å². The summed E-state index contributed by atoms with van der Waals surface area (Å²) in [4.78, 5) is 0. The molecule has 0 spiro atoms. The number of hydrogen-bond acceptors (Lipinski definition) is 4. The van der Waals surface area contributed by atoms with Gasteiger partial charge in [0.25, 0.3) is 0 Å². The van der Waals surface area contributed by atoms with Crippen LogP contribution in [0.5, 0.6) is 11.5 Å². The largest absolute Gasteiger partial charge is 0.493 e. The molecule has 0 heterocycles. The third-order valence-electron chi connectivity index (χ3n) is 3.11. The highest BCUT2D eigenvalue weighted by molar-refractivity contribution is 5.85. The predicted molar refractivity (Wildman–Crippen MR) is 102 cm³/mol. The van der Waals surface area contributed by atoms with Crippen LogP contribution >= 0.6 is 24.8 Å². The fourth-order valence-electron chi connectivity index (χ4n) is 1.87. The average Bonchev–Trinajstić information content (AvgIpc) is 2.55. The van der Waals surface area contributed by atoms with Gasteiger partial charge in [0.05, 0.1) is 13.2 Å². The van der Waals surface area contributed by atoms with Crippen LogP contribution < -0.4 is 20.1 Å². The monoisotopic (exact) mass is 358 g/mol. The molecule has 0 aliphatic heterocycles. The van der Waals surface area contributed by atoms with Crippen LogP contribution in [0.25, 0.3) is 0 Å². The van der Waals surface area contributed by atoms with Gasteiger partial charge in [0.1, 0.15) is 11.5 Å². The molecule has 0 atom stereocenters. The molecule has 2 rings (SSSR count). The number of nitrogens with one attached hydrogen (secondary N) is 2. The van der Waals surface area contributed by atoms with Crippen molar-refractivity contribution >= 4 is 36.2 Å². The molecule has 0 bridgehead atoms. The van der Waals surface area contributed by atoms with Crippen molar-refractivity contribution in [3.8, 4) is 11.5 Å². The van der Waals surface area contributed by atoms with Gasteiger partial charge in [-0.1, -0.05) is 0 Å². The van der Waals surface area contributed by atoms with Crippen molar-refractivity contribution < 1.29 is 9.47 Å². The average molecular weight is 359 g/mol. The van der Waals surface area contributed by atoms with Crippen LogP contribution in [0, 0.1) is 0 Å². The summed E-state index contributed by atoms with van der Waals surface area (Å²) in [5, 5.41) is 6.15. The number of anilines is 2. The van der Waals surface area contributed by atoms with Crippen LogP contribution in [0.15, 0.2) is 48.5 Å². The van der Waals surface area contributed by atoms with E-state index >= 15 is 0 Å². The lowest BCUT2D eigenvalue weighted by molar-refractivity contribution is 0.247. The molecule has 0 unspecified atom stereocenters. The topological polar surface area (TPSA) is 42.5 Å². The van der Waals surface area contributed by atoms with E-state index in [0.717, 1.165) is 29.3 Å². The SMILES string of the molecule is CNc1ccc(OCCCOc2ccc(NC)cc2)cc1.Cl.Cl. The van der Waals surface area contributed by atoms with Gasteiger partial charge in [0.2, 0.25) is 0 Å². The third-order valence-corrected chi connectivity index (χ3v) is 3.11. The lowest BCUT2D eigenvalue weighted by Crippen LogP contribution is -2.05. The van der Waals surface area contributed by atoms with Crippen molar-refractivity contribution in [2.24, 2.45) is 0 Å². The van der Waals surface area contributed by atoms with Crippen LogP contribution in [0.3, 0.4) is 0 Å². The Labute approximate surface area is 150 Å². The molecule has 128 valence electrons. The zero-order chi connectivity index (χ0) is 14.9. The van der Waals surface area contributed by atoms with E-state index in [-0.39, 0.29) is 24.8 Å². The first kappa shape index (κ1) is 21.2. The Morgan fingerprint density at radius 1 is 0.652 bits per heavy atom. The molecular weight excluding hydrogens is 335 g/mol. The van der Waals surface area contributed by atoms with Crippen molar-refractivity contribution in [3.05, 3.63) is 48.5 Å². The molecule has 2 N–H and O–H groups in total. The Morgan fingerprint density at radius 2 is 1.00 bits per heavy atom. The van der Waals surface area contributed by atoms with E-state index in [0.29, 0.717) is 13.2 Å². The molecule has 0 aliphatic rings. The molecule has 0 saturated carbocycles. The molecule has 0 fully saturated rings. The van der Waals surface area contributed by atoms with Gasteiger partial charge in [0.15, 0.2) is 0 Å². The summed E-state index contributed by atoms with van der Waals surface area (Å²) in [6, 6.07) is 15.8. The van der Waals surface area contributed by atoms with Gasteiger partial charge in [-0.2, -0.15) is 0 Å². The van der Waals surface area contributed by atoms with Gasteiger partial charge in [-0.15, -0.1) is 24.8 Å². The Balaban J connectivity index is 0.00000242. The van der Waals surface area contributed by atoms with Gasteiger partial charge in [0, 0.05) is 31.9 Å². The maximum absolute atomic E-state index is 5.66. The maximum Gasteiger partial charge on any atom is 0.119 e. The van der Waals surface area contributed by atoms with Crippen LogP contribution in [0.1, 0.15) is 6.42 Å². The van der Waals surface area contributed by atoms with Crippen molar-refractivity contribution in [1.29, 1.82) is 0 Å². The summed E-state index contributed by atoms with van der Waals surface area (Å²) < 4.78 is 11.3. The predicted octanol–water partition coefficient (Wildman–Crippen LogP) is 4.46.